The maximum absolute atomic E-state index is 12.2. The molecule has 0 aliphatic carbocycles. The van der Waals surface area contributed by atoms with Gasteiger partial charge >= 0.3 is 5.91 Å². The molecule has 0 spiro atoms. The van der Waals surface area contributed by atoms with Gasteiger partial charge in [-0.2, -0.15) is 5.54 Å². The zero-order chi connectivity index (χ0) is 8.20. The van der Waals surface area contributed by atoms with Gasteiger partial charge in [0.25, 0.3) is 5.55 Å². The third-order valence-electron chi connectivity index (χ3n) is 0.982. The highest BCUT2D eigenvalue weighted by Gasteiger charge is 2.37. The number of hydrogen-bond donors (Lipinski definition) is 1. The molecule has 1 N–H and O–H groups in total. The van der Waals surface area contributed by atoms with E-state index in [-0.39, 0.29) is 6.04 Å². The lowest BCUT2D eigenvalue weighted by atomic mass is 10.7. The Balaban J connectivity index is 3.96. The van der Waals surface area contributed by atoms with Gasteiger partial charge in [-0.15, -0.1) is 4.48 Å². The lowest BCUT2D eigenvalue weighted by molar-refractivity contribution is -0.140. The monoisotopic (exact) mass is 171 g/mol. The van der Waals surface area contributed by atoms with Gasteiger partial charge < -0.3 is 0 Å². The highest BCUT2D eigenvalue weighted by atomic mass is 28.2. The molecule has 6 heteroatoms. The van der Waals surface area contributed by atoms with E-state index in [1.54, 1.807) is 6.92 Å². The normalized spacial score (nSPS) is 12.4. The van der Waals surface area contributed by atoms with Crippen molar-refractivity contribution in [1.29, 1.82) is 0 Å². The van der Waals surface area contributed by atoms with Crippen LogP contribution in [0.25, 0.3) is 0 Å². The van der Waals surface area contributed by atoms with Gasteiger partial charge in [-0.25, -0.2) is 8.78 Å². The molecule has 0 aliphatic rings. The number of carbonyl (C=O) groups excluding carboxylic acids is 1. The molecule has 1 amide bonds. The first-order valence-electron chi connectivity index (χ1n) is 2.83. The lowest BCUT2D eigenvalue weighted by Crippen LogP contribution is -2.41. The van der Waals surface area contributed by atoms with Crippen LogP contribution in [0.3, 0.4) is 0 Å². The second-order valence-corrected chi connectivity index (χ2v) is 4.27. The van der Waals surface area contributed by atoms with E-state index >= 15 is 0 Å². The van der Waals surface area contributed by atoms with Gasteiger partial charge in [0.2, 0.25) is 0 Å². The van der Waals surface area contributed by atoms with E-state index in [1.165, 1.54) is 0 Å². The van der Waals surface area contributed by atoms with E-state index in [4.69, 9.17) is 0 Å². The fourth-order valence-electron chi connectivity index (χ4n) is 0.497. The van der Waals surface area contributed by atoms with Crippen molar-refractivity contribution in [3.63, 3.8) is 0 Å². The molecule has 10 heavy (non-hydrogen) atoms. The zero-order valence-corrected chi connectivity index (χ0v) is 6.87. The third-order valence-corrected chi connectivity index (χ3v) is 2.43. The number of halogens is 3. The van der Waals surface area contributed by atoms with Crippen molar-refractivity contribution in [1.82, 2.24) is 5.54 Å². The fraction of sp³-hybridized carbons (Fsp3) is 0.750. The molecule has 0 aromatic rings. The minimum atomic E-state index is -3.43. The molecule has 60 valence electrons. The van der Waals surface area contributed by atoms with Crippen molar-refractivity contribution in [2.75, 3.05) is 0 Å². The Morgan fingerprint density at radius 2 is 2.20 bits per heavy atom. The second-order valence-electron chi connectivity index (χ2n) is 1.88. The van der Waals surface area contributed by atoms with E-state index in [9.17, 15) is 18.1 Å². The number of carbonyl (C=O) groups is 1. The summed E-state index contributed by atoms with van der Waals surface area (Å²) in [6.07, 6.45) is 0. The van der Waals surface area contributed by atoms with Crippen molar-refractivity contribution in [2.45, 2.75) is 18.5 Å². The number of rotatable bonds is 3. The van der Waals surface area contributed by atoms with Crippen LogP contribution in [0, 0.1) is 0 Å². The molecule has 0 aromatic carbocycles. The van der Waals surface area contributed by atoms with Gasteiger partial charge in [-0.05, 0) is 0 Å². The van der Waals surface area contributed by atoms with E-state index in [0.29, 0.717) is 5.54 Å². The van der Waals surface area contributed by atoms with Crippen LogP contribution < -0.4 is 5.54 Å². The first-order chi connectivity index (χ1) is 4.54. The predicted octanol–water partition coefficient (Wildman–Crippen LogP) is 0.187. The zero-order valence-electron chi connectivity index (χ0n) is 5.46. The largest absolute Gasteiger partial charge is 0.312 e. The maximum Gasteiger partial charge on any atom is 0.312 e. The van der Waals surface area contributed by atoms with Crippen LogP contribution in [0.5, 0.6) is 0 Å². The molecule has 0 fully saturated rings. The molecule has 0 bridgehead atoms. The minimum absolute atomic E-state index is 0.278. The summed E-state index contributed by atoms with van der Waals surface area (Å²) in [4.78, 5) is 10.0. The summed E-state index contributed by atoms with van der Waals surface area (Å²) >= 11 is 0. The van der Waals surface area contributed by atoms with E-state index in [1.807, 2.05) is 0 Å². The Labute approximate surface area is 58.6 Å². The van der Waals surface area contributed by atoms with Crippen LogP contribution in [-0.4, -0.2) is 21.0 Å². The average Bonchev–Trinajstić information content (AvgIpc) is 1.86. The Morgan fingerprint density at radius 1 is 1.70 bits per heavy atom. The topological polar surface area (TPSA) is 29.1 Å². The van der Waals surface area contributed by atoms with Gasteiger partial charge in [0.15, 0.2) is 0 Å². The molecule has 0 radical (unpaired) electrons. The van der Waals surface area contributed by atoms with Gasteiger partial charge in [0.1, 0.15) is 9.52 Å². The Hall–Kier alpha value is -0.523. The molecular formula is C4H8F3NOSi. The molecule has 2 nitrogen and oxygen atoms in total. The minimum Gasteiger partial charge on any atom is -0.266 e. The molecular weight excluding hydrogens is 163 g/mol. The highest BCUT2D eigenvalue weighted by Crippen LogP contribution is 2.12. The highest BCUT2D eigenvalue weighted by molar-refractivity contribution is 6.45. The van der Waals surface area contributed by atoms with Gasteiger partial charge in [0, 0.05) is 0 Å². The van der Waals surface area contributed by atoms with Crippen molar-refractivity contribution in [3.8, 4) is 0 Å². The summed E-state index contributed by atoms with van der Waals surface area (Å²) in [6.45, 7) is 1.55. The summed E-state index contributed by atoms with van der Waals surface area (Å²) < 4.78 is 35.6. The first-order valence-corrected chi connectivity index (χ1v) is 4.54. The van der Waals surface area contributed by atoms with Gasteiger partial charge in [0.05, 0.1) is 0 Å². The SMILES string of the molecule is CC[SiH2]C(F)(F)C(=O)NF. The van der Waals surface area contributed by atoms with Crippen LogP contribution in [0.4, 0.5) is 13.3 Å². The van der Waals surface area contributed by atoms with E-state index in [2.05, 4.69) is 0 Å². The number of nitrogens with one attached hydrogen (secondary N) is 1. The van der Waals surface area contributed by atoms with E-state index in [0.717, 1.165) is 0 Å². The molecule has 0 atom stereocenters. The average molecular weight is 171 g/mol. The smallest absolute Gasteiger partial charge is 0.266 e. The molecule has 0 unspecified atom stereocenters. The Morgan fingerprint density at radius 3 is 2.50 bits per heavy atom. The van der Waals surface area contributed by atoms with Crippen molar-refractivity contribution >= 4 is 15.4 Å². The Bertz CT molecular complexity index is 130. The lowest BCUT2D eigenvalue weighted by Gasteiger charge is -2.09. The molecule has 0 saturated heterocycles. The third kappa shape index (κ3) is 2.38. The Kier molecular flexibility index (Phi) is 3.41. The summed E-state index contributed by atoms with van der Waals surface area (Å²) in [5, 5.41) is 0. The summed E-state index contributed by atoms with van der Waals surface area (Å²) in [5.74, 6) is -1.80. The van der Waals surface area contributed by atoms with E-state index < -0.39 is 21.0 Å². The first kappa shape index (κ1) is 9.48. The predicted molar refractivity (Wildman–Crippen MR) is 33.2 cm³/mol. The number of hydrogen-bond acceptors (Lipinski definition) is 1. The summed E-state index contributed by atoms with van der Waals surface area (Å²) in [5.41, 5.74) is -2.99. The summed E-state index contributed by atoms with van der Waals surface area (Å²) in [7, 11) is -1.79. The van der Waals surface area contributed by atoms with Crippen LogP contribution in [0.1, 0.15) is 6.92 Å². The molecule has 0 heterocycles. The standard InChI is InChI=1S/C4H8F3NOSi/c1-2-10-4(5,6)3(9)8-7/h2,10H2,1H3,(H,8,9). The van der Waals surface area contributed by atoms with Gasteiger partial charge in [-0.3, -0.25) is 4.79 Å². The number of alkyl halides is 2. The van der Waals surface area contributed by atoms with Crippen molar-refractivity contribution < 1.29 is 18.1 Å². The second kappa shape index (κ2) is 3.60. The molecule has 0 aromatic heterocycles. The molecule has 0 saturated carbocycles. The van der Waals surface area contributed by atoms with Crippen molar-refractivity contribution in [2.24, 2.45) is 0 Å². The molecule has 0 rings (SSSR count). The quantitative estimate of drug-likeness (QED) is 0.476. The van der Waals surface area contributed by atoms with Crippen LogP contribution in [0.2, 0.25) is 6.04 Å². The van der Waals surface area contributed by atoms with Crippen LogP contribution in [-0.2, 0) is 4.79 Å². The van der Waals surface area contributed by atoms with Crippen molar-refractivity contribution in [3.05, 3.63) is 0 Å². The van der Waals surface area contributed by atoms with Crippen LogP contribution >= 0.6 is 0 Å². The summed E-state index contributed by atoms with van der Waals surface area (Å²) in [6, 6.07) is 0.278. The fourth-order valence-corrected chi connectivity index (χ4v) is 1.42. The number of amides is 1. The maximum atomic E-state index is 12.2. The molecule has 0 aliphatic heterocycles. The van der Waals surface area contributed by atoms with Gasteiger partial charge in [-0.1, -0.05) is 13.0 Å². The van der Waals surface area contributed by atoms with Crippen LogP contribution in [0.15, 0.2) is 0 Å².